The molecular weight excluding hydrogens is 344 g/mol. The van der Waals surface area contributed by atoms with Crippen molar-refractivity contribution in [1.82, 2.24) is 4.72 Å². The molecule has 0 unspecified atom stereocenters. The van der Waals surface area contributed by atoms with E-state index >= 15 is 0 Å². The summed E-state index contributed by atoms with van der Waals surface area (Å²) in [5, 5.41) is 9.18. The minimum absolute atomic E-state index is 0.0698. The largest absolute Gasteiger partial charge is 0.478 e. The van der Waals surface area contributed by atoms with Gasteiger partial charge in [0.05, 0.1) is 11.3 Å². The van der Waals surface area contributed by atoms with Gasteiger partial charge in [-0.2, -0.15) is 0 Å². The van der Waals surface area contributed by atoms with Gasteiger partial charge >= 0.3 is 5.97 Å². The van der Waals surface area contributed by atoms with Crippen LogP contribution in [0.4, 0.5) is 5.69 Å². The molecule has 0 saturated heterocycles. The van der Waals surface area contributed by atoms with Gasteiger partial charge in [0, 0.05) is 6.54 Å². The smallest absolute Gasteiger partial charge is 0.335 e. The Balaban J connectivity index is 2.51. The van der Waals surface area contributed by atoms with Crippen molar-refractivity contribution in [2.24, 2.45) is 0 Å². The van der Waals surface area contributed by atoms with Crippen LogP contribution in [-0.2, 0) is 10.0 Å². The third-order valence-electron chi connectivity index (χ3n) is 3.41. The van der Waals surface area contributed by atoms with E-state index in [2.05, 4.69) is 4.72 Å². The Morgan fingerprint density at radius 1 is 1.24 bits per heavy atom. The first-order valence-electron chi connectivity index (χ1n) is 7.74. The van der Waals surface area contributed by atoms with Gasteiger partial charge in [0.15, 0.2) is 5.75 Å². The van der Waals surface area contributed by atoms with Crippen molar-refractivity contribution < 1.29 is 23.1 Å². The number of nitrogens with one attached hydrogen (secondary N) is 1. The van der Waals surface area contributed by atoms with Gasteiger partial charge < -0.3 is 15.6 Å². The van der Waals surface area contributed by atoms with E-state index in [-0.39, 0.29) is 28.4 Å². The topological polar surface area (TPSA) is 119 Å². The Hall–Kier alpha value is -2.58. The Kier molecular flexibility index (Phi) is 6.00. The van der Waals surface area contributed by atoms with Gasteiger partial charge in [-0.1, -0.05) is 31.5 Å². The summed E-state index contributed by atoms with van der Waals surface area (Å²) in [6, 6.07) is 10.7. The van der Waals surface area contributed by atoms with Crippen LogP contribution in [0.1, 0.15) is 30.1 Å². The van der Waals surface area contributed by atoms with E-state index in [1.807, 2.05) is 6.92 Å². The lowest BCUT2D eigenvalue weighted by molar-refractivity contribution is 0.0696. The summed E-state index contributed by atoms with van der Waals surface area (Å²) in [7, 11) is -3.98. The highest BCUT2D eigenvalue weighted by atomic mass is 32.2. The molecule has 0 bridgehead atoms. The van der Waals surface area contributed by atoms with Crippen molar-refractivity contribution in [3.05, 3.63) is 48.0 Å². The molecule has 0 aliphatic heterocycles. The number of ether oxygens (including phenoxy) is 1. The highest BCUT2D eigenvalue weighted by Gasteiger charge is 2.24. The predicted molar refractivity (Wildman–Crippen MR) is 94.4 cm³/mol. The molecule has 0 aliphatic carbocycles. The van der Waals surface area contributed by atoms with Crippen LogP contribution in [0.15, 0.2) is 47.4 Å². The van der Waals surface area contributed by atoms with E-state index in [0.717, 1.165) is 12.5 Å². The Morgan fingerprint density at radius 3 is 2.52 bits per heavy atom. The van der Waals surface area contributed by atoms with E-state index in [0.29, 0.717) is 12.2 Å². The zero-order valence-corrected chi connectivity index (χ0v) is 14.5. The molecule has 25 heavy (non-hydrogen) atoms. The molecule has 0 saturated carbocycles. The zero-order valence-electron chi connectivity index (χ0n) is 13.7. The third kappa shape index (κ3) is 4.71. The van der Waals surface area contributed by atoms with Crippen molar-refractivity contribution in [1.29, 1.82) is 0 Å². The second kappa shape index (κ2) is 8.00. The molecule has 0 fully saturated rings. The maximum Gasteiger partial charge on any atom is 0.335 e. The summed E-state index contributed by atoms with van der Waals surface area (Å²) in [6.45, 7) is 2.17. The first-order valence-corrected chi connectivity index (χ1v) is 9.23. The number of para-hydroxylation sites is 1. The number of aromatic carboxylic acids is 1. The van der Waals surface area contributed by atoms with Crippen LogP contribution in [0, 0.1) is 0 Å². The van der Waals surface area contributed by atoms with Crippen molar-refractivity contribution in [2.75, 3.05) is 12.3 Å². The Bertz CT molecular complexity index is 851. The molecule has 0 radical (unpaired) electrons. The molecule has 134 valence electrons. The van der Waals surface area contributed by atoms with Gasteiger partial charge in [0.2, 0.25) is 10.0 Å². The molecule has 0 aliphatic rings. The first kappa shape index (κ1) is 18.8. The van der Waals surface area contributed by atoms with Crippen LogP contribution in [0.2, 0.25) is 0 Å². The summed E-state index contributed by atoms with van der Waals surface area (Å²) < 4.78 is 33.3. The number of benzene rings is 2. The number of nitrogen functional groups attached to an aromatic ring is 1. The van der Waals surface area contributed by atoms with Crippen LogP contribution in [-0.4, -0.2) is 26.0 Å². The summed E-state index contributed by atoms with van der Waals surface area (Å²) >= 11 is 0. The number of carboxylic acids is 1. The molecule has 2 rings (SSSR count). The van der Waals surface area contributed by atoms with E-state index < -0.39 is 16.0 Å². The van der Waals surface area contributed by atoms with E-state index in [1.165, 1.54) is 6.07 Å². The number of carboxylic acid groups (broad SMARTS) is 1. The fourth-order valence-corrected chi connectivity index (χ4v) is 3.38. The van der Waals surface area contributed by atoms with Crippen LogP contribution in [0.3, 0.4) is 0 Å². The van der Waals surface area contributed by atoms with Gasteiger partial charge in [-0.25, -0.2) is 17.9 Å². The average Bonchev–Trinajstić information content (AvgIpc) is 2.57. The minimum Gasteiger partial charge on any atom is -0.478 e. The number of carbonyl (C=O) groups is 1. The maximum atomic E-state index is 12.6. The molecule has 2 aromatic carbocycles. The lowest BCUT2D eigenvalue weighted by atomic mass is 10.2. The fourth-order valence-electron chi connectivity index (χ4n) is 2.12. The normalized spacial score (nSPS) is 11.2. The molecule has 8 heteroatoms. The number of anilines is 1. The molecule has 0 spiro atoms. The van der Waals surface area contributed by atoms with Gasteiger partial charge in [-0.05, 0) is 30.7 Å². The summed E-state index contributed by atoms with van der Waals surface area (Å²) in [6.07, 6.45) is 1.47. The summed E-state index contributed by atoms with van der Waals surface area (Å²) in [5.41, 5.74) is 5.58. The standard InChI is InChI=1S/C17H20N2O5S/c1-2-3-9-19-25(22,23)15-11-12(17(20)21)10-14(18)16(15)24-13-7-5-4-6-8-13/h4-8,10-11,19H,2-3,9,18H2,1H3,(H,20,21). The van der Waals surface area contributed by atoms with Crippen LogP contribution < -0.4 is 15.2 Å². The monoisotopic (exact) mass is 364 g/mol. The maximum absolute atomic E-state index is 12.6. The van der Waals surface area contributed by atoms with E-state index in [4.69, 9.17) is 10.5 Å². The Morgan fingerprint density at radius 2 is 1.92 bits per heavy atom. The molecule has 0 amide bonds. The summed E-state index contributed by atoms with van der Waals surface area (Å²) in [5.74, 6) is -0.981. The minimum atomic E-state index is -3.98. The number of hydrogen-bond donors (Lipinski definition) is 3. The Labute approximate surface area is 146 Å². The van der Waals surface area contributed by atoms with Crippen LogP contribution in [0.5, 0.6) is 11.5 Å². The van der Waals surface area contributed by atoms with Crippen LogP contribution >= 0.6 is 0 Å². The van der Waals surface area contributed by atoms with Crippen molar-refractivity contribution in [3.8, 4) is 11.5 Å². The van der Waals surface area contributed by atoms with Gasteiger partial charge in [0.25, 0.3) is 0 Å². The second-order valence-corrected chi connectivity index (χ2v) is 7.10. The molecule has 4 N–H and O–H groups in total. The highest BCUT2D eigenvalue weighted by Crippen LogP contribution is 2.35. The number of rotatable bonds is 8. The first-order chi connectivity index (χ1) is 11.8. The van der Waals surface area contributed by atoms with Crippen LogP contribution in [0.25, 0.3) is 0 Å². The quantitative estimate of drug-likeness (QED) is 0.489. The lowest BCUT2D eigenvalue weighted by Gasteiger charge is -2.15. The van der Waals surface area contributed by atoms with Crippen molar-refractivity contribution in [2.45, 2.75) is 24.7 Å². The van der Waals surface area contributed by atoms with E-state index in [1.54, 1.807) is 30.3 Å². The number of sulfonamides is 1. The number of nitrogens with two attached hydrogens (primary N) is 1. The highest BCUT2D eigenvalue weighted by molar-refractivity contribution is 7.89. The SMILES string of the molecule is CCCCNS(=O)(=O)c1cc(C(=O)O)cc(N)c1Oc1ccccc1. The zero-order chi connectivity index (χ0) is 18.4. The molecule has 7 nitrogen and oxygen atoms in total. The van der Waals surface area contributed by atoms with E-state index in [9.17, 15) is 18.3 Å². The average molecular weight is 364 g/mol. The second-order valence-electron chi connectivity index (χ2n) is 5.36. The molecule has 0 aromatic heterocycles. The van der Waals surface area contributed by atoms with Crippen molar-refractivity contribution in [3.63, 3.8) is 0 Å². The predicted octanol–water partition coefficient (Wildman–Crippen LogP) is 2.84. The summed E-state index contributed by atoms with van der Waals surface area (Å²) in [4.78, 5) is 10.9. The molecule has 2 aromatic rings. The van der Waals surface area contributed by atoms with Gasteiger partial charge in [0.1, 0.15) is 10.6 Å². The van der Waals surface area contributed by atoms with Crippen molar-refractivity contribution >= 4 is 21.7 Å². The lowest BCUT2D eigenvalue weighted by Crippen LogP contribution is -2.25. The van der Waals surface area contributed by atoms with Gasteiger partial charge in [-0.15, -0.1) is 0 Å². The third-order valence-corrected chi connectivity index (χ3v) is 4.87. The fraction of sp³-hybridized carbons (Fsp3) is 0.235. The molecule has 0 atom stereocenters. The number of unbranched alkanes of at least 4 members (excludes halogenated alkanes) is 1. The molecule has 0 heterocycles. The van der Waals surface area contributed by atoms with Gasteiger partial charge in [-0.3, -0.25) is 0 Å². The molecular formula is C17H20N2O5S. The number of hydrogen-bond acceptors (Lipinski definition) is 5.